The molecule has 1 amide bonds. The highest BCUT2D eigenvalue weighted by Crippen LogP contribution is 2.22. The SMILES string of the molecule is CN(C[C@@H]1CCCN1C(=O)OC(C)(C)C)c1ncccn1. The van der Waals surface area contributed by atoms with E-state index in [1.54, 1.807) is 18.5 Å². The van der Waals surface area contributed by atoms with Crippen molar-refractivity contribution in [3.8, 4) is 0 Å². The van der Waals surface area contributed by atoms with Crippen LogP contribution in [0.25, 0.3) is 0 Å². The van der Waals surface area contributed by atoms with Crippen LogP contribution in [0.3, 0.4) is 0 Å². The molecule has 21 heavy (non-hydrogen) atoms. The Labute approximate surface area is 126 Å². The topological polar surface area (TPSA) is 58.6 Å². The summed E-state index contributed by atoms with van der Waals surface area (Å²) in [6.45, 7) is 7.13. The highest BCUT2D eigenvalue weighted by Gasteiger charge is 2.33. The van der Waals surface area contributed by atoms with Gasteiger partial charge >= 0.3 is 6.09 Å². The van der Waals surface area contributed by atoms with Crippen molar-refractivity contribution in [2.24, 2.45) is 0 Å². The van der Waals surface area contributed by atoms with Gasteiger partial charge in [0.05, 0.1) is 6.04 Å². The molecule has 0 spiro atoms. The Bertz CT molecular complexity index is 472. The van der Waals surface area contributed by atoms with Gasteiger partial charge in [-0.05, 0) is 39.7 Å². The van der Waals surface area contributed by atoms with Gasteiger partial charge in [0, 0.05) is 32.5 Å². The molecule has 1 aliphatic heterocycles. The van der Waals surface area contributed by atoms with Crippen LogP contribution in [0.4, 0.5) is 10.7 Å². The largest absolute Gasteiger partial charge is 0.444 e. The summed E-state index contributed by atoms with van der Waals surface area (Å²) in [5.41, 5.74) is -0.460. The van der Waals surface area contributed by atoms with E-state index in [9.17, 15) is 4.79 Å². The molecule has 0 N–H and O–H groups in total. The fourth-order valence-corrected chi connectivity index (χ4v) is 2.47. The van der Waals surface area contributed by atoms with Gasteiger partial charge in [0.25, 0.3) is 0 Å². The molecule has 1 aromatic rings. The van der Waals surface area contributed by atoms with Crippen LogP contribution in [0, 0.1) is 0 Å². The Kier molecular flexibility index (Phi) is 4.65. The van der Waals surface area contributed by atoms with E-state index < -0.39 is 5.60 Å². The smallest absolute Gasteiger partial charge is 0.410 e. The average molecular weight is 292 g/mol. The fraction of sp³-hybridized carbons (Fsp3) is 0.667. The molecule has 0 unspecified atom stereocenters. The van der Waals surface area contributed by atoms with Gasteiger partial charge < -0.3 is 14.5 Å². The second-order valence-corrected chi connectivity index (χ2v) is 6.40. The van der Waals surface area contributed by atoms with Crippen LogP contribution >= 0.6 is 0 Å². The van der Waals surface area contributed by atoms with Gasteiger partial charge in [0.1, 0.15) is 5.60 Å². The van der Waals surface area contributed by atoms with Crippen molar-refractivity contribution >= 4 is 12.0 Å². The van der Waals surface area contributed by atoms with Gasteiger partial charge in [-0.3, -0.25) is 0 Å². The first-order valence-corrected chi connectivity index (χ1v) is 7.34. The number of hydrogen-bond acceptors (Lipinski definition) is 5. The lowest BCUT2D eigenvalue weighted by atomic mass is 10.2. The number of nitrogens with zero attached hydrogens (tertiary/aromatic N) is 4. The summed E-state index contributed by atoms with van der Waals surface area (Å²) in [7, 11) is 1.95. The Hall–Kier alpha value is -1.85. The molecule has 1 aliphatic rings. The van der Waals surface area contributed by atoms with Crippen LogP contribution in [0.15, 0.2) is 18.5 Å². The maximum absolute atomic E-state index is 12.2. The monoisotopic (exact) mass is 292 g/mol. The van der Waals surface area contributed by atoms with Crippen LogP contribution in [0.5, 0.6) is 0 Å². The number of carbonyl (C=O) groups excluding carboxylic acids is 1. The lowest BCUT2D eigenvalue weighted by Crippen LogP contribution is -2.44. The molecule has 1 saturated heterocycles. The normalized spacial score (nSPS) is 18.7. The van der Waals surface area contributed by atoms with Crippen molar-refractivity contribution in [3.63, 3.8) is 0 Å². The van der Waals surface area contributed by atoms with Gasteiger partial charge in [-0.25, -0.2) is 14.8 Å². The van der Waals surface area contributed by atoms with Gasteiger partial charge in [-0.1, -0.05) is 0 Å². The van der Waals surface area contributed by atoms with Crippen LogP contribution in [0.1, 0.15) is 33.6 Å². The Morgan fingerprint density at radius 3 is 2.71 bits per heavy atom. The van der Waals surface area contributed by atoms with Gasteiger partial charge in [0.15, 0.2) is 0 Å². The van der Waals surface area contributed by atoms with Crippen molar-refractivity contribution < 1.29 is 9.53 Å². The number of ether oxygens (including phenoxy) is 1. The molecule has 116 valence electrons. The van der Waals surface area contributed by atoms with Crippen molar-refractivity contribution in [2.45, 2.75) is 45.3 Å². The number of likely N-dealkylation sites (tertiary alicyclic amines) is 1. The van der Waals surface area contributed by atoms with E-state index in [0.717, 1.165) is 19.4 Å². The minimum atomic E-state index is -0.460. The number of aromatic nitrogens is 2. The molecular formula is C15H24N4O2. The fourth-order valence-electron chi connectivity index (χ4n) is 2.47. The molecule has 1 atom stereocenters. The number of hydrogen-bond donors (Lipinski definition) is 0. The van der Waals surface area contributed by atoms with E-state index in [1.165, 1.54) is 0 Å². The zero-order valence-electron chi connectivity index (χ0n) is 13.2. The Morgan fingerprint density at radius 1 is 1.43 bits per heavy atom. The van der Waals surface area contributed by atoms with Gasteiger partial charge in [-0.2, -0.15) is 0 Å². The van der Waals surface area contributed by atoms with Crippen molar-refractivity contribution in [1.29, 1.82) is 0 Å². The maximum Gasteiger partial charge on any atom is 0.410 e. The van der Waals surface area contributed by atoms with E-state index in [4.69, 9.17) is 4.74 Å². The molecule has 0 aliphatic carbocycles. The summed E-state index contributed by atoms with van der Waals surface area (Å²) in [4.78, 5) is 24.5. The molecule has 0 aromatic carbocycles. The van der Waals surface area contributed by atoms with E-state index in [0.29, 0.717) is 12.5 Å². The summed E-state index contributed by atoms with van der Waals surface area (Å²) >= 11 is 0. The van der Waals surface area contributed by atoms with Crippen molar-refractivity contribution in [1.82, 2.24) is 14.9 Å². The third kappa shape index (κ3) is 4.31. The molecule has 6 heteroatoms. The lowest BCUT2D eigenvalue weighted by Gasteiger charge is -2.30. The highest BCUT2D eigenvalue weighted by atomic mass is 16.6. The molecular weight excluding hydrogens is 268 g/mol. The predicted molar refractivity (Wildman–Crippen MR) is 81.3 cm³/mol. The van der Waals surface area contributed by atoms with Crippen molar-refractivity contribution in [2.75, 3.05) is 25.0 Å². The first-order chi connectivity index (χ1) is 9.87. The second kappa shape index (κ2) is 6.28. The number of rotatable bonds is 3. The number of carbonyl (C=O) groups is 1. The van der Waals surface area contributed by atoms with Crippen molar-refractivity contribution in [3.05, 3.63) is 18.5 Å². The van der Waals surface area contributed by atoms with E-state index >= 15 is 0 Å². The zero-order valence-corrected chi connectivity index (χ0v) is 13.2. The highest BCUT2D eigenvalue weighted by molar-refractivity contribution is 5.69. The quantitative estimate of drug-likeness (QED) is 0.855. The summed E-state index contributed by atoms with van der Waals surface area (Å²) in [6, 6.07) is 1.94. The molecule has 0 radical (unpaired) electrons. The Balaban J connectivity index is 1.97. The zero-order chi connectivity index (χ0) is 15.5. The molecule has 1 aromatic heterocycles. The molecule has 2 heterocycles. The first kappa shape index (κ1) is 15.5. The van der Waals surface area contributed by atoms with Crippen LogP contribution in [0.2, 0.25) is 0 Å². The molecule has 0 saturated carbocycles. The summed E-state index contributed by atoms with van der Waals surface area (Å²) in [5, 5.41) is 0. The number of likely N-dealkylation sites (N-methyl/N-ethyl adjacent to an activating group) is 1. The maximum atomic E-state index is 12.2. The second-order valence-electron chi connectivity index (χ2n) is 6.40. The summed E-state index contributed by atoms with van der Waals surface area (Å²) in [5.74, 6) is 0.675. The third-order valence-corrected chi connectivity index (χ3v) is 3.38. The Morgan fingerprint density at radius 2 is 2.10 bits per heavy atom. The average Bonchev–Trinajstić information content (AvgIpc) is 2.86. The standard InChI is InChI=1S/C15H24N4O2/c1-15(2,3)21-14(20)19-10-5-7-12(19)11-18(4)13-16-8-6-9-17-13/h6,8-9,12H,5,7,10-11H2,1-4H3/t12-/m0/s1. The van der Waals surface area contributed by atoms with Crippen LogP contribution in [-0.4, -0.2) is 52.7 Å². The van der Waals surface area contributed by atoms with Crippen LogP contribution in [-0.2, 0) is 4.74 Å². The molecule has 2 rings (SSSR count). The minimum Gasteiger partial charge on any atom is -0.444 e. The molecule has 6 nitrogen and oxygen atoms in total. The number of amides is 1. The van der Waals surface area contributed by atoms with E-state index in [1.807, 2.05) is 37.6 Å². The van der Waals surface area contributed by atoms with Gasteiger partial charge in [0.2, 0.25) is 5.95 Å². The lowest BCUT2D eigenvalue weighted by molar-refractivity contribution is 0.0231. The molecule has 0 bridgehead atoms. The van der Waals surface area contributed by atoms with E-state index in [-0.39, 0.29) is 12.1 Å². The summed E-state index contributed by atoms with van der Waals surface area (Å²) < 4.78 is 5.48. The molecule has 1 fully saturated rings. The summed E-state index contributed by atoms with van der Waals surface area (Å²) in [6.07, 6.45) is 5.20. The van der Waals surface area contributed by atoms with Gasteiger partial charge in [-0.15, -0.1) is 0 Å². The first-order valence-electron chi connectivity index (χ1n) is 7.34. The predicted octanol–water partition coefficient (Wildman–Crippen LogP) is 2.31. The van der Waals surface area contributed by atoms with Crippen LogP contribution < -0.4 is 4.90 Å². The minimum absolute atomic E-state index is 0.147. The third-order valence-electron chi connectivity index (χ3n) is 3.38. The number of anilines is 1. The van der Waals surface area contributed by atoms with E-state index in [2.05, 4.69) is 9.97 Å².